The monoisotopic (exact) mass is 394 g/mol. The molecule has 1 heterocycles. The van der Waals surface area contributed by atoms with Gasteiger partial charge in [-0.15, -0.1) is 0 Å². The molecule has 1 aromatic carbocycles. The molecule has 1 aliphatic rings. The number of amides is 1. The summed E-state index contributed by atoms with van der Waals surface area (Å²) in [6, 6.07) is 7.34. The third-order valence-electron chi connectivity index (χ3n) is 4.65. The van der Waals surface area contributed by atoms with Crippen LogP contribution in [-0.2, 0) is 4.79 Å². The molecule has 0 atom stereocenters. The molecule has 1 aliphatic heterocycles. The first-order chi connectivity index (χ1) is 11.4. The molecule has 1 fully saturated rings. The summed E-state index contributed by atoms with van der Waals surface area (Å²) in [7, 11) is 0. The Balaban J connectivity index is 1.67. The molecule has 0 spiro atoms. The summed E-state index contributed by atoms with van der Waals surface area (Å²) in [5.41, 5.74) is 0.702. The van der Waals surface area contributed by atoms with Crippen LogP contribution in [0.4, 0.5) is 0 Å². The van der Waals surface area contributed by atoms with Crippen molar-refractivity contribution in [2.45, 2.75) is 51.5 Å². The standard InChI is InChI=1S/C19H27BrN2O2/c1-19(2,22-12-3-4-13-22)14-21-18(24)7-5-6-17(23)15-8-10-16(20)11-9-15/h8-11H,3-7,12-14H2,1-2H3,(H,21,24). The Morgan fingerprint density at radius 1 is 1.12 bits per heavy atom. The van der Waals surface area contributed by atoms with Gasteiger partial charge < -0.3 is 5.32 Å². The molecule has 0 aliphatic carbocycles. The quantitative estimate of drug-likeness (QED) is 0.682. The lowest BCUT2D eigenvalue weighted by atomic mass is 10.0. The maximum Gasteiger partial charge on any atom is 0.220 e. The van der Waals surface area contributed by atoms with E-state index < -0.39 is 0 Å². The van der Waals surface area contributed by atoms with Crippen LogP contribution in [0.5, 0.6) is 0 Å². The maximum atomic E-state index is 12.1. The van der Waals surface area contributed by atoms with E-state index in [2.05, 4.69) is 40.0 Å². The Morgan fingerprint density at radius 2 is 1.75 bits per heavy atom. The van der Waals surface area contributed by atoms with Crippen molar-refractivity contribution >= 4 is 27.6 Å². The van der Waals surface area contributed by atoms with Crippen molar-refractivity contribution < 1.29 is 9.59 Å². The Bertz CT molecular complexity index is 563. The van der Waals surface area contributed by atoms with Crippen molar-refractivity contribution in [1.29, 1.82) is 0 Å². The molecule has 24 heavy (non-hydrogen) atoms. The molecule has 2 rings (SSSR count). The van der Waals surface area contributed by atoms with Crippen molar-refractivity contribution in [2.75, 3.05) is 19.6 Å². The van der Waals surface area contributed by atoms with E-state index in [-0.39, 0.29) is 17.2 Å². The van der Waals surface area contributed by atoms with E-state index in [4.69, 9.17) is 0 Å². The molecule has 0 radical (unpaired) electrons. The molecule has 1 aromatic rings. The molecule has 0 bridgehead atoms. The number of likely N-dealkylation sites (tertiary alicyclic amines) is 1. The topological polar surface area (TPSA) is 49.4 Å². The van der Waals surface area contributed by atoms with Crippen LogP contribution in [0.15, 0.2) is 28.7 Å². The highest BCUT2D eigenvalue weighted by molar-refractivity contribution is 9.10. The predicted molar refractivity (Wildman–Crippen MR) is 100 cm³/mol. The van der Waals surface area contributed by atoms with Crippen LogP contribution in [0, 0.1) is 0 Å². The van der Waals surface area contributed by atoms with Gasteiger partial charge in [0.05, 0.1) is 0 Å². The normalized spacial score (nSPS) is 15.5. The molecule has 1 N–H and O–H groups in total. The first kappa shape index (κ1) is 19.1. The number of hydrogen-bond acceptors (Lipinski definition) is 3. The lowest BCUT2D eigenvalue weighted by molar-refractivity contribution is -0.121. The Kier molecular flexibility index (Phi) is 6.99. The van der Waals surface area contributed by atoms with Gasteiger partial charge in [-0.2, -0.15) is 0 Å². The number of carbonyl (C=O) groups is 2. The molecule has 4 nitrogen and oxygen atoms in total. The van der Waals surface area contributed by atoms with Crippen molar-refractivity contribution in [3.63, 3.8) is 0 Å². The van der Waals surface area contributed by atoms with E-state index in [9.17, 15) is 9.59 Å². The third-order valence-corrected chi connectivity index (χ3v) is 5.18. The molecule has 5 heteroatoms. The number of rotatable bonds is 8. The number of ketones is 1. The zero-order valence-corrected chi connectivity index (χ0v) is 16.2. The van der Waals surface area contributed by atoms with E-state index in [1.165, 1.54) is 12.8 Å². The summed E-state index contributed by atoms with van der Waals surface area (Å²) in [5.74, 6) is 0.124. The Morgan fingerprint density at radius 3 is 2.38 bits per heavy atom. The zero-order valence-electron chi connectivity index (χ0n) is 14.6. The first-order valence-electron chi connectivity index (χ1n) is 8.69. The summed E-state index contributed by atoms with van der Waals surface area (Å²) in [5, 5.41) is 3.02. The number of nitrogens with zero attached hydrogens (tertiary/aromatic N) is 1. The summed E-state index contributed by atoms with van der Waals surface area (Å²) >= 11 is 3.36. The lowest BCUT2D eigenvalue weighted by Gasteiger charge is -2.35. The molecule has 132 valence electrons. The third kappa shape index (κ3) is 5.71. The van der Waals surface area contributed by atoms with Crippen LogP contribution in [-0.4, -0.2) is 41.8 Å². The van der Waals surface area contributed by atoms with Crippen LogP contribution in [0.25, 0.3) is 0 Å². The number of carbonyl (C=O) groups excluding carboxylic acids is 2. The fourth-order valence-electron chi connectivity index (χ4n) is 3.03. The summed E-state index contributed by atoms with van der Waals surface area (Å²) < 4.78 is 0.957. The first-order valence-corrected chi connectivity index (χ1v) is 9.48. The fraction of sp³-hybridized carbons (Fsp3) is 0.579. The lowest BCUT2D eigenvalue weighted by Crippen LogP contribution is -2.50. The van der Waals surface area contributed by atoms with Gasteiger partial charge in [0.25, 0.3) is 0 Å². The van der Waals surface area contributed by atoms with Gasteiger partial charge in [-0.1, -0.05) is 28.1 Å². The van der Waals surface area contributed by atoms with E-state index in [0.717, 1.165) is 17.6 Å². The van der Waals surface area contributed by atoms with Gasteiger partial charge >= 0.3 is 0 Å². The van der Waals surface area contributed by atoms with E-state index in [1.807, 2.05) is 24.3 Å². The predicted octanol–water partition coefficient (Wildman–Crippen LogP) is 3.79. The highest BCUT2D eigenvalue weighted by Crippen LogP contribution is 2.20. The molecular weight excluding hydrogens is 368 g/mol. The largest absolute Gasteiger partial charge is 0.354 e. The summed E-state index contributed by atoms with van der Waals surface area (Å²) in [6.45, 7) is 7.24. The van der Waals surface area contributed by atoms with Crippen molar-refractivity contribution in [3.8, 4) is 0 Å². The average Bonchev–Trinajstić information content (AvgIpc) is 3.09. The smallest absolute Gasteiger partial charge is 0.220 e. The molecule has 1 amide bonds. The van der Waals surface area contributed by atoms with Gasteiger partial charge in [0.15, 0.2) is 5.78 Å². The van der Waals surface area contributed by atoms with Gasteiger partial charge in [0, 0.05) is 35.0 Å². The molecule has 0 aromatic heterocycles. The Labute approximate surface area is 153 Å². The molecule has 1 saturated heterocycles. The molecular formula is C19H27BrN2O2. The number of nitrogens with one attached hydrogen (secondary N) is 1. The summed E-state index contributed by atoms with van der Waals surface area (Å²) in [4.78, 5) is 26.5. The van der Waals surface area contributed by atoms with Gasteiger partial charge in [-0.05, 0) is 58.3 Å². The van der Waals surface area contributed by atoms with Crippen LogP contribution in [0.2, 0.25) is 0 Å². The SMILES string of the molecule is CC(C)(CNC(=O)CCCC(=O)c1ccc(Br)cc1)N1CCCC1. The fourth-order valence-corrected chi connectivity index (χ4v) is 3.29. The second-order valence-corrected chi connectivity index (χ2v) is 7.98. The van der Waals surface area contributed by atoms with E-state index >= 15 is 0 Å². The van der Waals surface area contributed by atoms with Crippen LogP contribution < -0.4 is 5.32 Å². The highest BCUT2D eigenvalue weighted by atomic mass is 79.9. The van der Waals surface area contributed by atoms with Gasteiger partial charge in [0.1, 0.15) is 0 Å². The minimum absolute atomic E-state index is 0.000591. The van der Waals surface area contributed by atoms with Gasteiger partial charge in [-0.3, -0.25) is 14.5 Å². The van der Waals surface area contributed by atoms with Gasteiger partial charge in [0.2, 0.25) is 5.91 Å². The minimum Gasteiger partial charge on any atom is -0.354 e. The number of benzene rings is 1. The number of halogens is 1. The maximum absolute atomic E-state index is 12.1. The van der Waals surface area contributed by atoms with Gasteiger partial charge in [-0.25, -0.2) is 0 Å². The van der Waals surface area contributed by atoms with Crippen molar-refractivity contribution in [3.05, 3.63) is 34.3 Å². The number of Topliss-reactive ketones (excluding diaryl/α,β-unsaturated/α-hetero) is 1. The molecule has 0 saturated carbocycles. The number of hydrogen-bond donors (Lipinski definition) is 1. The van der Waals surface area contributed by atoms with Crippen molar-refractivity contribution in [1.82, 2.24) is 10.2 Å². The van der Waals surface area contributed by atoms with Crippen LogP contribution in [0.3, 0.4) is 0 Å². The zero-order chi connectivity index (χ0) is 17.6. The molecule has 0 unspecified atom stereocenters. The second-order valence-electron chi connectivity index (χ2n) is 7.07. The minimum atomic E-state index is -0.000591. The summed E-state index contributed by atoms with van der Waals surface area (Å²) in [6.07, 6.45) is 3.89. The van der Waals surface area contributed by atoms with Crippen LogP contribution >= 0.6 is 15.9 Å². The van der Waals surface area contributed by atoms with Crippen molar-refractivity contribution in [2.24, 2.45) is 0 Å². The van der Waals surface area contributed by atoms with Crippen LogP contribution in [0.1, 0.15) is 56.3 Å². The Hall–Kier alpha value is -1.20. The highest BCUT2D eigenvalue weighted by Gasteiger charge is 2.29. The van der Waals surface area contributed by atoms with E-state index in [0.29, 0.717) is 31.4 Å². The average molecular weight is 395 g/mol. The second kappa shape index (κ2) is 8.77. The van der Waals surface area contributed by atoms with E-state index in [1.54, 1.807) is 0 Å².